The van der Waals surface area contributed by atoms with Crippen LogP contribution in [0.1, 0.15) is 0 Å². The fourth-order valence-electron chi connectivity index (χ4n) is 5.82. The summed E-state index contributed by atoms with van der Waals surface area (Å²) < 4.78 is 0. The Hall–Kier alpha value is -6.82. The number of nitrogens with one attached hydrogen (secondary N) is 2. The van der Waals surface area contributed by atoms with Crippen molar-refractivity contribution >= 4 is 44.1 Å². The summed E-state index contributed by atoms with van der Waals surface area (Å²) in [5.74, 6) is 1.30. The fraction of sp³-hybridized carbons (Fsp3) is 0. The maximum absolute atomic E-state index is 11.0. The van der Waals surface area contributed by atoms with Crippen LogP contribution in [0.15, 0.2) is 97.1 Å². The summed E-state index contributed by atoms with van der Waals surface area (Å²) in [6.07, 6.45) is 0. The molecule has 0 radical (unpaired) electrons. The second-order valence-electron chi connectivity index (χ2n) is 10.6. The Morgan fingerprint density at radius 3 is 0.957 bits per heavy atom. The van der Waals surface area contributed by atoms with Crippen molar-refractivity contribution in [2.24, 2.45) is 0 Å². The molecule has 0 amide bonds. The molecule has 0 atom stereocenters. The Morgan fingerprint density at radius 2 is 0.609 bits per heavy atom. The van der Waals surface area contributed by atoms with E-state index in [0.29, 0.717) is 45.4 Å². The van der Waals surface area contributed by atoms with Gasteiger partial charge in [0.2, 0.25) is 0 Å². The molecule has 4 N–H and O–H groups in total. The van der Waals surface area contributed by atoms with Gasteiger partial charge >= 0.3 is 12.0 Å². The molecule has 12 nitrogen and oxygen atoms in total. The van der Waals surface area contributed by atoms with Gasteiger partial charge in [0.25, 0.3) is 0 Å². The number of H-pyrrole nitrogens is 2. The van der Waals surface area contributed by atoms with Crippen LogP contribution in [0, 0.1) is 0 Å². The van der Waals surface area contributed by atoms with E-state index in [1.54, 1.807) is 0 Å². The molecule has 0 fully saturated rings. The summed E-state index contributed by atoms with van der Waals surface area (Å²) in [5.41, 5.74) is 4.53. The first-order chi connectivity index (χ1) is 22.6. The molecule has 46 heavy (non-hydrogen) atoms. The Balaban J connectivity index is 1.44. The third kappa shape index (κ3) is 4.08. The number of aromatic nitrogens is 10. The zero-order valence-corrected chi connectivity index (χ0v) is 23.7. The van der Waals surface area contributed by atoms with Crippen LogP contribution in [0.4, 0.5) is 0 Å². The summed E-state index contributed by atoms with van der Waals surface area (Å²) in [5, 5.41) is 25.0. The molecule has 0 saturated heterocycles. The summed E-state index contributed by atoms with van der Waals surface area (Å²) in [6.45, 7) is 0. The number of aromatic hydroxyl groups is 2. The van der Waals surface area contributed by atoms with E-state index in [2.05, 4.69) is 39.9 Å². The number of hydrogen-bond acceptors (Lipinski definition) is 10. The lowest BCUT2D eigenvalue weighted by Crippen LogP contribution is -1.83. The van der Waals surface area contributed by atoms with E-state index in [1.807, 2.05) is 97.1 Å². The molecule has 9 rings (SSSR count). The Bertz CT molecular complexity index is 2460. The minimum Gasteiger partial charge on any atom is -0.479 e. The molecular formula is C34H20N10O2. The molecule has 8 bridgehead atoms. The fourth-order valence-corrected chi connectivity index (χ4v) is 5.82. The van der Waals surface area contributed by atoms with Crippen LogP contribution in [0.2, 0.25) is 0 Å². The highest BCUT2D eigenvalue weighted by atomic mass is 16.3. The van der Waals surface area contributed by atoms with Crippen LogP contribution in [0.25, 0.3) is 89.7 Å². The Labute approximate surface area is 258 Å². The van der Waals surface area contributed by atoms with E-state index in [-0.39, 0.29) is 11.6 Å². The van der Waals surface area contributed by atoms with Crippen LogP contribution in [-0.2, 0) is 0 Å². The molecule has 2 aliphatic heterocycles. The van der Waals surface area contributed by atoms with Gasteiger partial charge in [-0.25, -0.2) is 19.9 Å². The van der Waals surface area contributed by atoms with Gasteiger partial charge in [0.05, 0.1) is 0 Å². The smallest absolute Gasteiger partial charge is 0.317 e. The van der Waals surface area contributed by atoms with E-state index in [0.717, 1.165) is 32.7 Å². The van der Waals surface area contributed by atoms with Crippen molar-refractivity contribution in [1.29, 1.82) is 0 Å². The lowest BCUT2D eigenvalue weighted by Gasteiger charge is -1.96. The van der Waals surface area contributed by atoms with Gasteiger partial charge in [0.1, 0.15) is 22.6 Å². The van der Waals surface area contributed by atoms with Crippen molar-refractivity contribution in [1.82, 2.24) is 49.8 Å². The van der Waals surface area contributed by atoms with Crippen LogP contribution < -0.4 is 0 Å². The van der Waals surface area contributed by atoms with Crippen molar-refractivity contribution in [3.05, 3.63) is 97.1 Å². The van der Waals surface area contributed by atoms with Crippen LogP contribution in [0.3, 0.4) is 0 Å². The number of hydrogen-bond donors (Lipinski definition) is 4. The van der Waals surface area contributed by atoms with E-state index < -0.39 is 12.0 Å². The SMILES string of the molecule is Oc1nc2nc(nc3[nH]c(nc(O)nc4nc(nc5[nH]c(n1)c1ccccc51)-c1ccccc1-4)c1ccccc31)-c1ccccc1-2. The highest BCUT2D eigenvalue weighted by Gasteiger charge is 2.21. The van der Waals surface area contributed by atoms with Crippen molar-refractivity contribution < 1.29 is 10.2 Å². The zero-order chi connectivity index (χ0) is 30.8. The molecule has 12 heteroatoms. The molecule has 0 saturated carbocycles. The van der Waals surface area contributed by atoms with E-state index in [1.165, 1.54) is 0 Å². The van der Waals surface area contributed by atoms with Gasteiger partial charge in [-0.1, -0.05) is 97.1 Å². The first-order valence-electron chi connectivity index (χ1n) is 14.3. The summed E-state index contributed by atoms with van der Waals surface area (Å²) >= 11 is 0. The monoisotopic (exact) mass is 600 g/mol. The highest BCUT2D eigenvalue weighted by molar-refractivity contribution is 6.05. The minimum atomic E-state index is -0.488. The molecule has 3 aromatic heterocycles. The van der Waals surface area contributed by atoms with Crippen LogP contribution in [-0.4, -0.2) is 60.1 Å². The van der Waals surface area contributed by atoms with Crippen LogP contribution >= 0.6 is 0 Å². The molecule has 0 aliphatic carbocycles. The van der Waals surface area contributed by atoms with Crippen molar-refractivity contribution in [2.75, 3.05) is 0 Å². The molecule has 0 spiro atoms. The quantitative estimate of drug-likeness (QED) is 0.157. The zero-order valence-electron chi connectivity index (χ0n) is 23.7. The summed E-state index contributed by atoms with van der Waals surface area (Å²) in [6, 6.07) is 29.1. The van der Waals surface area contributed by atoms with Crippen LogP contribution in [0.5, 0.6) is 12.0 Å². The van der Waals surface area contributed by atoms with E-state index >= 15 is 0 Å². The maximum Gasteiger partial charge on any atom is 0.317 e. The van der Waals surface area contributed by atoms with E-state index in [9.17, 15) is 10.2 Å². The molecule has 0 unspecified atom stereocenters. The van der Waals surface area contributed by atoms with Gasteiger partial charge in [0, 0.05) is 43.8 Å². The van der Waals surface area contributed by atoms with Crippen molar-refractivity contribution in [2.45, 2.75) is 0 Å². The Morgan fingerprint density at radius 1 is 0.326 bits per heavy atom. The molecule has 5 heterocycles. The Kier molecular flexibility index (Phi) is 5.50. The molecule has 7 aromatic rings. The maximum atomic E-state index is 11.0. The first-order valence-corrected chi connectivity index (χ1v) is 14.3. The van der Waals surface area contributed by atoms with Gasteiger partial charge < -0.3 is 20.2 Å². The highest BCUT2D eigenvalue weighted by Crippen LogP contribution is 2.35. The van der Waals surface area contributed by atoms with Gasteiger partial charge in [-0.05, 0) is 0 Å². The van der Waals surface area contributed by atoms with Crippen molar-refractivity contribution in [3.8, 4) is 57.6 Å². The summed E-state index contributed by atoms with van der Waals surface area (Å²) in [4.78, 5) is 43.1. The lowest BCUT2D eigenvalue weighted by molar-refractivity contribution is 0.433. The number of rotatable bonds is 0. The normalized spacial score (nSPS) is 11.7. The second kappa shape index (κ2) is 9.86. The first kappa shape index (κ1) is 25.7. The standard InChI is InChI=1S/C34H20N10O2/c45-33-41-29-21-13-5-1-9-17(21)25(37-29)35-26-18-10-2-6-14-22(18)30(38-26)43-34(46)44-32-24-16-8-4-12-20(24)28(40-32)36-27-19-11-3-7-15-23(19)31(39-27)42-33/h1-16H,(H4,35,36,37,38,39,40,41,42,43,44,45,46). The number of benzene rings is 4. The van der Waals surface area contributed by atoms with Gasteiger partial charge in [-0.15, -0.1) is 0 Å². The minimum absolute atomic E-state index is 0.260. The largest absolute Gasteiger partial charge is 0.479 e. The molecule has 4 aromatic carbocycles. The third-order valence-corrected chi connectivity index (χ3v) is 7.86. The van der Waals surface area contributed by atoms with Crippen molar-refractivity contribution in [3.63, 3.8) is 0 Å². The average molecular weight is 601 g/mol. The molecule has 2 aliphatic rings. The predicted octanol–water partition coefficient (Wildman–Crippen LogP) is 6.19. The molecule has 218 valence electrons. The lowest BCUT2D eigenvalue weighted by atomic mass is 10.1. The predicted molar refractivity (Wildman–Crippen MR) is 173 cm³/mol. The average Bonchev–Trinajstić information content (AvgIpc) is 3.80. The van der Waals surface area contributed by atoms with Gasteiger partial charge in [0.15, 0.2) is 23.3 Å². The number of fused-ring (bicyclic) bond motifs is 20. The number of aromatic amines is 2. The van der Waals surface area contributed by atoms with Gasteiger partial charge in [-0.2, -0.15) is 19.9 Å². The molecular weight excluding hydrogens is 580 g/mol. The topological polar surface area (TPSA) is 175 Å². The number of nitrogens with zero attached hydrogens (tertiary/aromatic N) is 8. The van der Waals surface area contributed by atoms with Gasteiger partial charge in [-0.3, -0.25) is 0 Å². The third-order valence-electron chi connectivity index (χ3n) is 7.86. The second-order valence-corrected chi connectivity index (χ2v) is 10.6. The summed E-state index contributed by atoms with van der Waals surface area (Å²) in [7, 11) is 0. The van der Waals surface area contributed by atoms with E-state index in [4.69, 9.17) is 9.97 Å².